The number of carbonyl (C=O) groups is 1. The molecule has 7 heteroatoms. The van der Waals surface area contributed by atoms with Gasteiger partial charge in [0.05, 0.1) is 5.75 Å². The van der Waals surface area contributed by atoms with Crippen molar-refractivity contribution in [3.8, 4) is 5.75 Å². The van der Waals surface area contributed by atoms with E-state index in [9.17, 15) is 13.2 Å². The SMILES string of the molecule is CC(C)(C)c1ccc(CCS(=O)(=O)NCc2cccc(OCC(=O)O)c2)cc1. The van der Waals surface area contributed by atoms with Crippen molar-refractivity contribution in [1.82, 2.24) is 4.72 Å². The number of aliphatic carboxylic acids is 1. The maximum Gasteiger partial charge on any atom is 0.341 e. The van der Waals surface area contributed by atoms with Gasteiger partial charge in [0, 0.05) is 6.54 Å². The lowest BCUT2D eigenvalue weighted by Crippen LogP contribution is -2.27. The molecular formula is C21H27NO5S. The molecule has 2 rings (SSSR count). The first kappa shape index (κ1) is 21.9. The topological polar surface area (TPSA) is 92.7 Å². The quantitative estimate of drug-likeness (QED) is 0.669. The van der Waals surface area contributed by atoms with Crippen molar-refractivity contribution in [1.29, 1.82) is 0 Å². The molecular weight excluding hydrogens is 378 g/mol. The number of ether oxygens (including phenoxy) is 1. The second-order valence-electron chi connectivity index (χ2n) is 7.67. The van der Waals surface area contributed by atoms with Gasteiger partial charge < -0.3 is 9.84 Å². The molecule has 2 aromatic rings. The molecule has 0 atom stereocenters. The van der Waals surface area contributed by atoms with Crippen molar-refractivity contribution >= 4 is 16.0 Å². The van der Waals surface area contributed by atoms with E-state index in [2.05, 4.69) is 25.5 Å². The van der Waals surface area contributed by atoms with Gasteiger partial charge in [0.2, 0.25) is 10.0 Å². The van der Waals surface area contributed by atoms with Gasteiger partial charge in [0.15, 0.2) is 6.61 Å². The molecule has 0 aliphatic heterocycles. The van der Waals surface area contributed by atoms with Gasteiger partial charge in [-0.05, 0) is 40.7 Å². The van der Waals surface area contributed by atoms with Crippen LogP contribution in [0.25, 0.3) is 0 Å². The zero-order chi connectivity index (χ0) is 20.8. The molecule has 0 radical (unpaired) electrons. The monoisotopic (exact) mass is 405 g/mol. The summed E-state index contributed by atoms with van der Waals surface area (Å²) in [5, 5.41) is 8.65. The third kappa shape index (κ3) is 7.32. The Morgan fingerprint density at radius 1 is 1.07 bits per heavy atom. The molecule has 28 heavy (non-hydrogen) atoms. The highest BCUT2D eigenvalue weighted by atomic mass is 32.2. The Balaban J connectivity index is 1.88. The Morgan fingerprint density at radius 2 is 1.75 bits per heavy atom. The van der Waals surface area contributed by atoms with Gasteiger partial charge in [-0.25, -0.2) is 17.9 Å². The predicted octanol–water partition coefficient (Wildman–Crippen LogP) is 3.11. The lowest BCUT2D eigenvalue weighted by molar-refractivity contribution is -0.139. The van der Waals surface area contributed by atoms with Crippen LogP contribution in [0, 0.1) is 0 Å². The van der Waals surface area contributed by atoms with Crippen molar-refractivity contribution in [2.45, 2.75) is 39.2 Å². The number of benzene rings is 2. The summed E-state index contributed by atoms with van der Waals surface area (Å²) in [4.78, 5) is 10.6. The van der Waals surface area contributed by atoms with E-state index >= 15 is 0 Å². The van der Waals surface area contributed by atoms with Crippen LogP contribution in [-0.4, -0.2) is 31.9 Å². The van der Waals surface area contributed by atoms with Crippen LogP contribution in [0.5, 0.6) is 5.75 Å². The number of hydrogen-bond acceptors (Lipinski definition) is 4. The molecule has 0 fully saturated rings. The maximum absolute atomic E-state index is 12.3. The van der Waals surface area contributed by atoms with Crippen LogP contribution >= 0.6 is 0 Å². The zero-order valence-corrected chi connectivity index (χ0v) is 17.3. The van der Waals surface area contributed by atoms with E-state index in [1.54, 1.807) is 24.3 Å². The highest BCUT2D eigenvalue weighted by Gasteiger charge is 2.14. The minimum atomic E-state index is -3.44. The molecule has 0 saturated carbocycles. The first-order valence-corrected chi connectivity index (χ1v) is 10.7. The number of rotatable bonds is 9. The van der Waals surface area contributed by atoms with Gasteiger partial charge in [0.1, 0.15) is 5.75 Å². The van der Waals surface area contributed by atoms with E-state index in [1.165, 1.54) is 5.56 Å². The Labute approximate surface area is 166 Å². The van der Waals surface area contributed by atoms with Crippen LogP contribution in [-0.2, 0) is 33.2 Å². The average molecular weight is 406 g/mol. The van der Waals surface area contributed by atoms with Crippen LogP contribution in [0.4, 0.5) is 0 Å². The Kier molecular flexibility index (Phi) is 7.21. The predicted molar refractivity (Wildman–Crippen MR) is 109 cm³/mol. The normalized spacial score (nSPS) is 12.0. The molecule has 0 aliphatic carbocycles. The van der Waals surface area contributed by atoms with Crippen molar-refractivity contribution in [2.75, 3.05) is 12.4 Å². The van der Waals surface area contributed by atoms with E-state index in [4.69, 9.17) is 9.84 Å². The standard InChI is InChI=1S/C21H27NO5S/c1-21(2,3)18-9-7-16(8-10-18)11-12-28(25,26)22-14-17-5-4-6-19(13-17)27-15-20(23)24/h4-10,13,22H,11-12,14-15H2,1-3H3,(H,23,24). The highest BCUT2D eigenvalue weighted by Crippen LogP contribution is 2.22. The third-order valence-corrected chi connectivity index (χ3v) is 5.56. The summed E-state index contributed by atoms with van der Waals surface area (Å²) in [5.74, 6) is -0.684. The van der Waals surface area contributed by atoms with Gasteiger partial charge in [-0.3, -0.25) is 0 Å². The highest BCUT2D eigenvalue weighted by molar-refractivity contribution is 7.89. The fraction of sp³-hybridized carbons (Fsp3) is 0.381. The molecule has 152 valence electrons. The average Bonchev–Trinajstić information content (AvgIpc) is 2.63. The van der Waals surface area contributed by atoms with Crippen molar-refractivity contribution < 1.29 is 23.1 Å². The van der Waals surface area contributed by atoms with Crippen LogP contribution in [0.2, 0.25) is 0 Å². The minimum Gasteiger partial charge on any atom is -0.482 e. The number of nitrogens with one attached hydrogen (secondary N) is 1. The number of hydrogen-bond donors (Lipinski definition) is 2. The molecule has 6 nitrogen and oxygen atoms in total. The van der Waals surface area contributed by atoms with E-state index in [0.29, 0.717) is 17.7 Å². The Morgan fingerprint density at radius 3 is 2.36 bits per heavy atom. The molecule has 2 aromatic carbocycles. The van der Waals surface area contributed by atoms with E-state index in [-0.39, 0.29) is 17.7 Å². The minimum absolute atomic E-state index is 0.00291. The van der Waals surface area contributed by atoms with Crippen LogP contribution in [0.15, 0.2) is 48.5 Å². The summed E-state index contributed by atoms with van der Waals surface area (Å²) >= 11 is 0. The molecule has 0 saturated heterocycles. The summed E-state index contributed by atoms with van der Waals surface area (Å²) in [6, 6.07) is 14.7. The van der Waals surface area contributed by atoms with Crippen molar-refractivity contribution in [2.24, 2.45) is 0 Å². The molecule has 0 heterocycles. The Hall–Kier alpha value is -2.38. The maximum atomic E-state index is 12.3. The lowest BCUT2D eigenvalue weighted by atomic mass is 9.86. The van der Waals surface area contributed by atoms with Crippen molar-refractivity contribution in [3.63, 3.8) is 0 Å². The van der Waals surface area contributed by atoms with Crippen LogP contribution < -0.4 is 9.46 Å². The van der Waals surface area contributed by atoms with Gasteiger partial charge in [-0.15, -0.1) is 0 Å². The second kappa shape index (κ2) is 9.21. The first-order valence-electron chi connectivity index (χ1n) is 9.05. The Bertz CT molecular complexity index is 899. The van der Waals surface area contributed by atoms with Crippen LogP contribution in [0.1, 0.15) is 37.5 Å². The smallest absolute Gasteiger partial charge is 0.341 e. The molecule has 0 bridgehead atoms. The fourth-order valence-corrected chi connectivity index (χ4v) is 3.61. The molecule has 0 spiro atoms. The number of carboxylic acids is 1. The van der Waals surface area contributed by atoms with Crippen LogP contribution in [0.3, 0.4) is 0 Å². The summed E-state index contributed by atoms with van der Waals surface area (Å²) in [6.45, 7) is 6.09. The second-order valence-corrected chi connectivity index (χ2v) is 9.59. The number of aryl methyl sites for hydroxylation is 1. The number of sulfonamides is 1. The number of carboxylic acid groups (broad SMARTS) is 1. The molecule has 2 N–H and O–H groups in total. The third-order valence-electron chi connectivity index (χ3n) is 4.24. The summed E-state index contributed by atoms with van der Waals surface area (Å²) in [6.07, 6.45) is 0.432. The summed E-state index contributed by atoms with van der Waals surface area (Å²) < 4.78 is 32.2. The molecule has 0 amide bonds. The molecule has 0 unspecified atom stereocenters. The summed E-state index contributed by atoms with van der Waals surface area (Å²) in [7, 11) is -3.44. The first-order chi connectivity index (χ1) is 13.0. The molecule has 0 aromatic heterocycles. The van der Waals surface area contributed by atoms with E-state index in [0.717, 1.165) is 5.56 Å². The molecule has 0 aliphatic rings. The zero-order valence-electron chi connectivity index (χ0n) is 16.4. The summed E-state index contributed by atoms with van der Waals surface area (Å²) in [5.41, 5.74) is 2.94. The van der Waals surface area contributed by atoms with Gasteiger partial charge in [-0.2, -0.15) is 0 Å². The lowest BCUT2D eigenvalue weighted by Gasteiger charge is -2.19. The van der Waals surface area contributed by atoms with Gasteiger partial charge in [0.25, 0.3) is 0 Å². The fourth-order valence-electron chi connectivity index (χ4n) is 2.58. The largest absolute Gasteiger partial charge is 0.482 e. The van der Waals surface area contributed by atoms with Gasteiger partial charge in [-0.1, -0.05) is 57.2 Å². The van der Waals surface area contributed by atoms with Gasteiger partial charge >= 0.3 is 5.97 Å². The van der Waals surface area contributed by atoms with E-state index < -0.39 is 22.6 Å². The van der Waals surface area contributed by atoms with E-state index in [1.807, 2.05) is 24.3 Å². The van der Waals surface area contributed by atoms with Crippen molar-refractivity contribution in [3.05, 3.63) is 65.2 Å².